The first-order chi connectivity index (χ1) is 9.75. The lowest BCUT2D eigenvalue weighted by atomic mass is 10.0. The van der Waals surface area contributed by atoms with Gasteiger partial charge >= 0.3 is 0 Å². The highest BCUT2D eigenvalue weighted by atomic mass is 16.1. The highest BCUT2D eigenvalue weighted by molar-refractivity contribution is 5.32. The van der Waals surface area contributed by atoms with Crippen molar-refractivity contribution in [1.29, 1.82) is 0 Å². The number of hydrogen-bond donors (Lipinski definition) is 1. The smallest absolute Gasteiger partial charge is 0.293 e. The zero-order valence-electron chi connectivity index (χ0n) is 11.6. The van der Waals surface area contributed by atoms with Crippen molar-refractivity contribution in [2.75, 3.05) is 11.9 Å². The number of hydrogen-bond acceptors (Lipinski definition) is 3. The molecule has 2 aromatic rings. The van der Waals surface area contributed by atoms with Crippen LogP contribution in [0.15, 0.2) is 47.5 Å². The van der Waals surface area contributed by atoms with Gasteiger partial charge in [0.15, 0.2) is 5.82 Å². The third kappa shape index (κ3) is 2.74. The van der Waals surface area contributed by atoms with Gasteiger partial charge < -0.3 is 9.88 Å². The number of aromatic nitrogens is 2. The van der Waals surface area contributed by atoms with E-state index in [1.165, 1.54) is 5.56 Å². The largest absolute Gasteiger partial charge is 0.365 e. The molecule has 4 heteroatoms. The van der Waals surface area contributed by atoms with Crippen LogP contribution < -0.4 is 10.9 Å². The van der Waals surface area contributed by atoms with Crippen molar-refractivity contribution in [2.24, 2.45) is 0 Å². The van der Waals surface area contributed by atoms with E-state index in [1.54, 1.807) is 17.0 Å². The van der Waals surface area contributed by atoms with Crippen LogP contribution in [0.3, 0.4) is 0 Å². The van der Waals surface area contributed by atoms with Crippen LogP contribution in [0.2, 0.25) is 0 Å². The molecule has 104 valence electrons. The van der Waals surface area contributed by atoms with Crippen LogP contribution >= 0.6 is 0 Å². The van der Waals surface area contributed by atoms with E-state index in [0.29, 0.717) is 24.3 Å². The van der Waals surface area contributed by atoms with Crippen LogP contribution in [0.25, 0.3) is 0 Å². The van der Waals surface area contributed by atoms with Gasteiger partial charge in [0.1, 0.15) is 0 Å². The maximum Gasteiger partial charge on any atom is 0.293 e. The molecular weight excluding hydrogens is 250 g/mol. The van der Waals surface area contributed by atoms with Gasteiger partial charge in [-0.15, -0.1) is 0 Å². The molecule has 1 aliphatic rings. The van der Waals surface area contributed by atoms with Crippen molar-refractivity contribution >= 4 is 5.82 Å². The van der Waals surface area contributed by atoms with E-state index in [4.69, 9.17) is 0 Å². The highest BCUT2D eigenvalue weighted by Crippen LogP contribution is 2.33. The lowest BCUT2D eigenvalue weighted by Gasteiger charge is -2.13. The molecule has 0 radical (unpaired) electrons. The Bertz CT molecular complexity index is 632. The Hall–Kier alpha value is -2.10. The molecule has 1 fully saturated rings. The predicted molar refractivity (Wildman–Crippen MR) is 80.1 cm³/mol. The normalized spacial score (nSPS) is 15.8. The molecule has 1 aliphatic carbocycles. The number of nitrogens with zero attached hydrogens (tertiary/aromatic N) is 2. The van der Waals surface area contributed by atoms with Gasteiger partial charge in [-0.2, -0.15) is 0 Å². The van der Waals surface area contributed by atoms with Crippen LogP contribution in [-0.4, -0.2) is 16.1 Å². The Morgan fingerprint density at radius 3 is 2.80 bits per heavy atom. The quantitative estimate of drug-likeness (QED) is 0.908. The fourth-order valence-corrected chi connectivity index (χ4v) is 2.34. The molecule has 1 aromatic heterocycles. The topological polar surface area (TPSA) is 46.9 Å². The van der Waals surface area contributed by atoms with Gasteiger partial charge in [-0.05, 0) is 24.3 Å². The van der Waals surface area contributed by atoms with Gasteiger partial charge in [0.05, 0.1) is 0 Å². The summed E-state index contributed by atoms with van der Waals surface area (Å²) in [4.78, 5) is 16.4. The van der Waals surface area contributed by atoms with Gasteiger partial charge in [-0.3, -0.25) is 4.79 Å². The maximum absolute atomic E-state index is 12.2. The van der Waals surface area contributed by atoms with Gasteiger partial charge in [0, 0.05) is 25.0 Å². The minimum atomic E-state index is -0.00439. The summed E-state index contributed by atoms with van der Waals surface area (Å²) in [6.45, 7) is 2.85. The summed E-state index contributed by atoms with van der Waals surface area (Å²) in [7, 11) is 0. The average Bonchev–Trinajstić information content (AvgIpc) is 3.31. The molecule has 20 heavy (non-hydrogen) atoms. The molecule has 1 aromatic carbocycles. The van der Waals surface area contributed by atoms with E-state index >= 15 is 0 Å². The van der Waals surface area contributed by atoms with Crippen molar-refractivity contribution in [2.45, 2.75) is 31.7 Å². The molecule has 0 amide bonds. The summed E-state index contributed by atoms with van der Waals surface area (Å²) in [5, 5.41) is 3.19. The Morgan fingerprint density at radius 1 is 1.35 bits per heavy atom. The number of anilines is 1. The minimum absolute atomic E-state index is 0.00439. The summed E-state index contributed by atoms with van der Waals surface area (Å²) in [6.07, 6.45) is 5.69. The molecule has 0 aliphatic heterocycles. The summed E-state index contributed by atoms with van der Waals surface area (Å²) >= 11 is 0. The fraction of sp³-hybridized carbons (Fsp3) is 0.375. The van der Waals surface area contributed by atoms with Crippen molar-refractivity contribution in [1.82, 2.24) is 9.55 Å². The molecular formula is C16H19N3O. The summed E-state index contributed by atoms with van der Waals surface area (Å²) in [5.74, 6) is 0.800. The van der Waals surface area contributed by atoms with Gasteiger partial charge in [0.25, 0.3) is 5.56 Å². The van der Waals surface area contributed by atoms with E-state index in [9.17, 15) is 4.79 Å². The number of rotatable bonds is 5. The Morgan fingerprint density at radius 2 is 2.10 bits per heavy atom. The molecule has 0 saturated heterocycles. The lowest BCUT2D eigenvalue weighted by molar-refractivity contribution is 0.696. The van der Waals surface area contributed by atoms with Crippen LogP contribution in [0, 0.1) is 0 Å². The first kappa shape index (κ1) is 12.9. The van der Waals surface area contributed by atoms with Crippen LogP contribution in [0.1, 0.15) is 37.3 Å². The Balaban J connectivity index is 1.69. The van der Waals surface area contributed by atoms with Gasteiger partial charge in [-0.25, -0.2) is 4.98 Å². The summed E-state index contributed by atoms with van der Waals surface area (Å²) < 4.78 is 1.79. The molecule has 1 atom stereocenters. The van der Waals surface area contributed by atoms with E-state index < -0.39 is 0 Å². The Kier molecular flexibility index (Phi) is 3.54. The number of nitrogens with one attached hydrogen (secondary N) is 1. The fourth-order valence-electron chi connectivity index (χ4n) is 2.34. The van der Waals surface area contributed by atoms with Gasteiger partial charge in [-0.1, -0.05) is 37.3 Å². The van der Waals surface area contributed by atoms with Crippen LogP contribution in [0.4, 0.5) is 5.82 Å². The molecule has 4 nitrogen and oxygen atoms in total. The second-order valence-electron chi connectivity index (χ2n) is 5.41. The zero-order chi connectivity index (χ0) is 13.9. The van der Waals surface area contributed by atoms with E-state index in [0.717, 1.165) is 12.8 Å². The molecule has 1 saturated carbocycles. The van der Waals surface area contributed by atoms with Crippen LogP contribution in [0.5, 0.6) is 0 Å². The van der Waals surface area contributed by atoms with Gasteiger partial charge in [0.2, 0.25) is 0 Å². The Labute approximate surface area is 118 Å². The van der Waals surface area contributed by atoms with Crippen molar-refractivity contribution in [3.05, 3.63) is 58.6 Å². The SMILES string of the molecule is CC(CNc1nccn(C2CC2)c1=O)c1ccccc1. The zero-order valence-corrected chi connectivity index (χ0v) is 11.6. The molecule has 1 heterocycles. The highest BCUT2D eigenvalue weighted by Gasteiger charge is 2.25. The molecule has 1 N–H and O–H groups in total. The van der Waals surface area contributed by atoms with E-state index in [-0.39, 0.29) is 5.56 Å². The van der Waals surface area contributed by atoms with E-state index in [2.05, 4.69) is 29.4 Å². The minimum Gasteiger partial charge on any atom is -0.365 e. The summed E-state index contributed by atoms with van der Waals surface area (Å²) in [6, 6.07) is 10.7. The van der Waals surface area contributed by atoms with Crippen LogP contribution in [-0.2, 0) is 0 Å². The molecule has 0 spiro atoms. The van der Waals surface area contributed by atoms with Crippen molar-refractivity contribution in [3.63, 3.8) is 0 Å². The maximum atomic E-state index is 12.2. The molecule has 0 bridgehead atoms. The molecule has 1 unspecified atom stereocenters. The monoisotopic (exact) mass is 269 g/mol. The van der Waals surface area contributed by atoms with Crippen molar-refractivity contribution in [3.8, 4) is 0 Å². The summed E-state index contributed by atoms with van der Waals surface area (Å²) in [5.41, 5.74) is 1.26. The lowest BCUT2D eigenvalue weighted by Crippen LogP contribution is -2.25. The third-order valence-electron chi connectivity index (χ3n) is 3.75. The third-order valence-corrected chi connectivity index (χ3v) is 3.75. The predicted octanol–water partition coefficient (Wildman–Crippen LogP) is 2.79. The van der Waals surface area contributed by atoms with Crippen molar-refractivity contribution < 1.29 is 0 Å². The standard InChI is InChI=1S/C16H19N3O/c1-12(13-5-3-2-4-6-13)11-18-15-16(20)19(10-9-17-15)14-7-8-14/h2-6,9-10,12,14H,7-8,11H2,1H3,(H,17,18). The second kappa shape index (κ2) is 5.49. The van der Waals surface area contributed by atoms with E-state index in [1.807, 2.05) is 18.2 Å². The second-order valence-corrected chi connectivity index (χ2v) is 5.41. The first-order valence-corrected chi connectivity index (χ1v) is 7.11. The molecule has 3 rings (SSSR count). The average molecular weight is 269 g/mol. The first-order valence-electron chi connectivity index (χ1n) is 7.11. The number of benzene rings is 1.